The van der Waals surface area contributed by atoms with Crippen LogP contribution in [-0.2, 0) is 12.8 Å². The van der Waals surface area contributed by atoms with E-state index in [0.29, 0.717) is 31.6 Å². The molecule has 3 rings (SSSR count). The highest BCUT2D eigenvalue weighted by molar-refractivity contribution is 5.40. The highest BCUT2D eigenvalue weighted by Crippen LogP contribution is 2.32. The summed E-state index contributed by atoms with van der Waals surface area (Å²) in [6.07, 6.45) is 2.93. The number of aromatic amines is 2. The Morgan fingerprint density at radius 3 is 2.90 bits per heavy atom. The standard InChI is InChI=1S/C15H16N2O4/c18-12-5-6-21-13-4-2-9(7-11(12)13)1-3-10-8-16-14(19)15(20)17-10/h2,4,7-8,12,18H,1,3,5-6H2,(H,16,19)(H,17,20). The number of aliphatic hydroxyl groups excluding tert-OH is 1. The number of benzene rings is 1. The lowest BCUT2D eigenvalue weighted by Crippen LogP contribution is -2.29. The Morgan fingerprint density at radius 2 is 2.10 bits per heavy atom. The summed E-state index contributed by atoms with van der Waals surface area (Å²) in [6.45, 7) is 0.534. The lowest BCUT2D eigenvalue weighted by molar-refractivity contribution is 0.115. The van der Waals surface area contributed by atoms with E-state index in [1.165, 1.54) is 6.20 Å². The minimum absolute atomic E-state index is 0.485. The second-order valence-electron chi connectivity index (χ2n) is 5.12. The Kier molecular flexibility index (Phi) is 3.62. The van der Waals surface area contributed by atoms with Crippen LogP contribution in [-0.4, -0.2) is 21.7 Å². The zero-order valence-corrected chi connectivity index (χ0v) is 11.4. The summed E-state index contributed by atoms with van der Waals surface area (Å²) < 4.78 is 5.49. The molecule has 2 aromatic rings. The molecule has 1 aromatic heterocycles. The average molecular weight is 288 g/mol. The second kappa shape index (κ2) is 5.57. The largest absolute Gasteiger partial charge is 0.493 e. The number of rotatable bonds is 3. The fraction of sp³-hybridized carbons (Fsp3) is 0.333. The summed E-state index contributed by atoms with van der Waals surface area (Å²) in [5.41, 5.74) is 1.25. The minimum atomic E-state index is -0.646. The van der Waals surface area contributed by atoms with Crippen molar-refractivity contribution in [3.8, 4) is 5.75 Å². The van der Waals surface area contributed by atoms with Crippen molar-refractivity contribution in [3.05, 3.63) is 61.9 Å². The van der Waals surface area contributed by atoms with E-state index in [1.807, 2.05) is 18.2 Å². The number of fused-ring (bicyclic) bond motifs is 1. The van der Waals surface area contributed by atoms with Crippen LogP contribution in [0.1, 0.15) is 29.3 Å². The fourth-order valence-electron chi connectivity index (χ4n) is 2.45. The summed E-state index contributed by atoms with van der Waals surface area (Å²) in [4.78, 5) is 27.2. The number of aliphatic hydroxyl groups is 1. The number of aromatic nitrogens is 2. The number of H-pyrrole nitrogens is 2. The first-order chi connectivity index (χ1) is 10.1. The van der Waals surface area contributed by atoms with Gasteiger partial charge in [0, 0.05) is 23.9 Å². The molecule has 1 atom stereocenters. The van der Waals surface area contributed by atoms with E-state index in [0.717, 1.165) is 16.9 Å². The van der Waals surface area contributed by atoms with Crippen LogP contribution >= 0.6 is 0 Å². The maximum atomic E-state index is 11.2. The van der Waals surface area contributed by atoms with E-state index in [4.69, 9.17) is 4.74 Å². The molecular weight excluding hydrogens is 272 g/mol. The van der Waals surface area contributed by atoms with Crippen molar-refractivity contribution >= 4 is 0 Å². The topological polar surface area (TPSA) is 95.2 Å². The maximum absolute atomic E-state index is 11.2. The first-order valence-electron chi connectivity index (χ1n) is 6.88. The molecule has 0 aliphatic carbocycles. The van der Waals surface area contributed by atoms with Crippen LogP contribution in [0.25, 0.3) is 0 Å². The Hall–Kier alpha value is -2.34. The van der Waals surface area contributed by atoms with Crippen LogP contribution in [0.4, 0.5) is 0 Å². The second-order valence-corrected chi connectivity index (χ2v) is 5.12. The number of ether oxygens (including phenoxy) is 1. The maximum Gasteiger partial charge on any atom is 0.313 e. The van der Waals surface area contributed by atoms with Crippen molar-refractivity contribution < 1.29 is 9.84 Å². The molecule has 1 aliphatic rings. The number of nitrogens with one attached hydrogen (secondary N) is 2. The molecule has 0 radical (unpaired) electrons. The third-order valence-corrected chi connectivity index (χ3v) is 3.62. The quantitative estimate of drug-likeness (QED) is 0.723. The van der Waals surface area contributed by atoms with Crippen molar-refractivity contribution in [2.24, 2.45) is 0 Å². The van der Waals surface area contributed by atoms with Gasteiger partial charge in [-0.2, -0.15) is 0 Å². The Balaban J connectivity index is 1.76. The van der Waals surface area contributed by atoms with Gasteiger partial charge in [0.15, 0.2) is 0 Å². The highest BCUT2D eigenvalue weighted by atomic mass is 16.5. The lowest BCUT2D eigenvalue weighted by Gasteiger charge is -2.22. The summed E-state index contributed by atoms with van der Waals surface area (Å²) >= 11 is 0. The molecule has 6 heteroatoms. The molecule has 1 unspecified atom stereocenters. The van der Waals surface area contributed by atoms with Gasteiger partial charge in [-0.05, 0) is 30.5 Å². The molecule has 0 saturated heterocycles. The smallest absolute Gasteiger partial charge is 0.313 e. The van der Waals surface area contributed by atoms with Crippen LogP contribution in [0.15, 0.2) is 34.0 Å². The van der Waals surface area contributed by atoms with E-state index in [1.54, 1.807) is 0 Å². The van der Waals surface area contributed by atoms with Gasteiger partial charge < -0.3 is 19.8 Å². The van der Waals surface area contributed by atoms with Crippen molar-refractivity contribution in [3.63, 3.8) is 0 Å². The third-order valence-electron chi connectivity index (χ3n) is 3.62. The molecule has 1 aromatic carbocycles. The molecule has 0 saturated carbocycles. The molecule has 0 amide bonds. The normalized spacial score (nSPS) is 17.1. The monoisotopic (exact) mass is 288 g/mol. The number of hydrogen-bond acceptors (Lipinski definition) is 4. The van der Waals surface area contributed by atoms with Crippen LogP contribution in [0.2, 0.25) is 0 Å². The van der Waals surface area contributed by atoms with Gasteiger partial charge in [-0.15, -0.1) is 0 Å². The van der Waals surface area contributed by atoms with Crippen molar-refractivity contribution in [1.29, 1.82) is 0 Å². The average Bonchev–Trinajstić information content (AvgIpc) is 2.49. The van der Waals surface area contributed by atoms with E-state index in [-0.39, 0.29) is 0 Å². The minimum Gasteiger partial charge on any atom is -0.493 e. The third kappa shape index (κ3) is 2.90. The van der Waals surface area contributed by atoms with E-state index in [2.05, 4.69) is 9.97 Å². The van der Waals surface area contributed by atoms with Gasteiger partial charge in [-0.1, -0.05) is 6.07 Å². The van der Waals surface area contributed by atoms with Gasteiger partial charge >= 0.3 is 11.1 Å². The molecule has 0 fully saturated rings. The zero-order chi connectivity index (χ0) is 14.8. The van der Waals surface area contributed by atoms with Gasteiger partial charge in [-0.3, -0.25) is 9.59 Å². The molecule has 3 N–H and O–H groups in total. The fourth-order valence-corrected chi connectivity index (χ4v) is 2.45. The Bertz CT molecular complexity index is 763. The van der Waals surface area contributed by atoms with Crippen LogP contribution < -0.4 is 15.9 Å². The predicted octanol–water partition coefficient (Wildman–Crippen LogP) is 0.664. The van der Waals surface area contributed by atoms with E-state index in [9.17, 15) is 14.7 Å². The van der Waals surface area contributed by atoms with Crippen LogP contribution in [0, 0.1) is 0 Å². The van der Waals surface area contributed by atoms with Crippen molar-refractivity contribution in [2.75, 3.05) is 6.61 Å². The molecule has 110 valence electrons. The van der Waals surface area contributed by atoms with Crippen molar-refractivity contribution in [2.45, 2.75) is 25.4 Å². The molecule has 0 spiro atoms. The predicted molar refractivity (Wildman–Crippen MR) is 76.6 cm³/mol. The van der Waals surface area contributed by atoms with Gasteiger partial charge in [0.2, 0.25) is 0 Å². The lowest BCUT2D eigenvalue weighted by atomic mass is 9.98. The molecule has 21 heavy (non-hydrogen) atoms. The zero-order valence-electron chi connectivity index (χ0n) is 11.4. The van der Waals surface area contributed by atoms with E-state index >= 15 is 0 Å². The highest BCUT2D eigenvalue weighted by Gasteiger charge is 2.19. The van der Waals surface area contributed by atoms with Crippen molar-refractivity contribution in [1.82, 2.24) is 9.97 Å². The summed E-state index contributed by atoms with van der Waals surface area (Å²) in [6, 6.07) is 5.74. The molecular formula is C15H16N2O4. The van der Waals surface area contributed by atoms with E-state index < -0.39 is 17.2 Å². The van der Waals surface area contributed by atoms with Crippen LogP contribution in [0.5, 0.6) is 5.75 Å². The van der Waals surface area contributed by atoms with Gasteiger partial charge in [0.05, 0.1) is 12.7 Å². The van der Waals surface area contributed by atoms with Crippen LogP contribution in [0.3, 0.4) is 0 Å². The number of aryl methyl sites for hydroxylation is 2. The molecule has 0 bridgehead atoms. The summed E-state index contributed by atoms with van der Waals surface area (Å²) in [7, 11) is 0. The Labute approximate surface area is 120 Å². The van der Waals surface area contributed by atoms with Gasteiger partial charge in [-0.25, -0.2) is 0 Å². The Morgan fingerprint density at radius 1 is 1.24 bits per heavy atom. The van der Waals surface area contributed by atoms with Gasteiger partial charge in [0.1, 0.15) is 5.75 Å². The molecule has 6 nitrogen and oxygen atoms in total. The molecule has 2 heterocycles. The first kappa shape index (κ1) is 13.6. The summed E-state index contributed by atoms with van der Waals surface area (Å²) in [5.74, 6) is 0.731. The number of hydrogen-bond donors (Lipinski definition) is 3. The summed E-state index contributed by atoms with van der Waals surface area (Å²) in [5, 5.41) is 9.97. The van der Waals surface area contributed by atoms with Gasteiger partial charge in [0.25, 0.3) is 0 Å². The molecule has 1 aliphatic heterocycles. The first-order valence-corrected chi connectivity index (χ1v) is 6.88. The SMILES string of the molecule is O=c1[nH]cc(CCc2ccc3c(c2)C(O)CCO3)[nH]c1=O.